The van der Waals surface area contributed by atoms with E-state index in [9.17, 15) is 0 Å². The van der Waals surface area contributed by atoms with E-state index in [1.54, 1.807) is 0 Å². The van der Waals surface area contributed by atoms with Gasteiger partial charge in [-0.25, -0.2) is 4.98 Å². The molecular weight excluding hydrogens is 172 g/mol. The van der Waals surface area contributed by atoms with Gasteiger partial charge in [0.05, 0.1) is 5.52 Å². The smallest absolute Gasteiger partial charge is 0.141 e. The molecule has 2 nitrogen and oxygen atoms in total. The van der Waals surface area contributed by atoms with Crippen LogP contribution in [-0.4, -0.2) is 4.98 Å². The van der Waals surface area contributed by atoms with Crippen molar-refractivity contribution in [1.29, 1.82) is 0 Å². The molecule has 0 aliphatic rings. The molecule has 0 amide bonds. The first-order chi connectivity index (χ1) is 5.90. The van der Waals surface area contributed by atoms with Gasteiger partial charge in [0.25, 0.3) is 0 Å². The monoisotopic (exact) mass is 178 g/mol. The second-order valence-corrected chi connectivity index (χ2v) is 2.67. The van der Waals surface area contributed by atoms with Gasteiger partial charge in [0, 0.05) is 17.2 Å². The van der Waals surface area contributed by atoms with Crippen LogP contribution in [0.5, 0.6) is 0 Å². The summed E-state index contributed by atoms with van der Waals surface area (Å²) in [6.45, 7) is 0. The molecule has 2 rings (SSSR count). The Hall–Kier alpha value is -1.28. The van der Waals surface area contributed by atoms with Crippen molar-refractivity contribution >= 4 is 28.5 Å². The number of hydrogen-bond donors (Lipinski definition) is 1. The molecule has 0 saturated carbocycles. The third kappa shape index (κ3) is 1.21. The Balaban J connectivity index is 2.67. The fraction of sp³-hybridized carbons (Fsp3) is 0. The number of fused-ring (bicyclic) bond motifs is 1. The summed E-state index contributed by atoms with van der Waals surface area (Å²) in [4.78, 5) is 6.73. The van der Waals surface area contributed by atoms with Gasteiger partial charge in [0.1, 0.15) is 5.82 Å². The number of rotatable bonds is 1. The first-order valence-corrected chi connectivity index (χ1v) is 4.00. The van der Waals surface area contributed by atoms with Crippen LogP contribution in [0, 0.1) is 0 Å². The van der Waals surface area contributed by atoms with E-state index in [0.29, 0.717) is 5.82 Å². The zero-order valence-electron chi connectivity index (χ0n) is 6.29. The van der Waals surface area contributed by atoms with Crippen molar-refractivity contribution in [3.05, 3.63) is 36.4 Å². The summed E-state index contributed by atoms with van der Waals surface area (Å²) in [5, 5.41) is 1.12. The molecule has 3 heteroatoms. The van der Waals surface area contributed by atoms with Gasteiger partial charge in [-0.15, -0.1) is 0 Å². The summed E-state index contributed by atoms with van der Waals surface area (Å²) < 4.78 is 0. The summed E-state index contributed by atoms with van der Waals surface area (Å²) in [5.41, 5.74) is 0.947. The fourth-order valence-corrected chi connectivity index (χ4v) is 1.22. The first kappa shape index (κ1) is 7.37. The molecule has 0 atom stereocenters. The predicted octanol–water partition coefficient (Wildman–Crippen LogP) is 2.80. The highest BCUT2D eigenvalue weighted by Crippen LogP contribution is 2.14. The topological polar surface area (TPSA) is 24.9 Å². The highest BCUT2D eigenvalue weighted by atomic mass is 35.5. The minimum Gasteiger partial charge on any atom is -0.283 e. The van der Waals surface area contributed by atoms with Crippen molar-refractivity contribution in [2.75, 3.05) is 4.84 Å². The van der Waals surface area contributed by atoms with Crippen LogP contribution in [0.1, 0.15) is 0 Å². The fourth-order valence-electron chi connectivity index (χ4n) is 1.12. The predicted molar refractivity (Wildman–Crippen MR) is 51.2 cm³/mol. The quantitative estimate of drug-likeness (QED) is 0.680. The van der Waals surface area contributed by atoms with E-state index < -0.39 is 0 Å². The van der Waals surface area contributed by atoms with Crippen LogP contribution in [0.15, 0.2) is 36.4 Å². The van der Waals surface area contributed by atoms with Crippen LogP contribution in [-0.2, 0) is 0 Å². The molecule has 0 bridgehead atoms. The summed E-state index contributed by atoms with van der Waals surface area (Å²) in [5.74, 6) is 0.676. The highest BCUT2D eigenvalue weighted by molar-refractivity contribution is 6.23. The van der Waals surface area contributed by atoms with Crippen molar-refractivity contribution < 1.29 is 0 Å². The normalized spacial score (nSPS) is 10.1. The van der Waals surface area contributed by atoms with Crippen LogP contribution in [0.25, 0.3) is 10.9 Å². The average molecular weight is 179 g/mol. The van der Waals surface area contributed by atoms with Gasteiger partial charge in [-0.3, -0.25) is 4.84 Å². The van der Waals surface area contributed by atoms with Crippen molar-refractivity contribution in [1.82, 2.24) is 4.98 Å². The Morgan fingerprint density at radius 2 is 1.92 bits per heavy atom. The number of nitrogens with zero attached hydrogens (tertiary/aromatic N) is 1. The Kier molecular flexibility index (Phi) is 1.84. The van der Waals surface area contributed by atoms with E-state index in [0.717, 1.165) is 10.9 Å². The number of para-hydroxylation sites is 1. The molecule has 0 fully saturated rings. The van der Waals surface area contributed by atoms with E-state index in [1.165, 1.54) is 0 Å². The minimum absolute atomic E-state index is 0.676. The zero-order chi connectivity index (χ0) is 8.39. The SMILES string of the molecule is ClNc1ccc2ccccc2n1. The molecule has 1 heterocycles. The lowest BCUT2D eigenvalue weighted by atomic mass is 10.2. The second-order valence-electron chi connectivity index (χ2n) is 2.48. The van der Waals surface area contributed by atoms with Gasteiger partial charge in [-0.05, 0) is 18.2 Å². The standard InChI is InChI=1S/C9H7ClN2/c10-12-9-6-5-7-3-1-2-4-8(7)11-9/h1-6H,(H,11,12). The molecule has 0 aliphatic heterocycles. The Bertz CT molecular complexity index is 400. The van der Waals surface area contributed by atoms with Crippen LogP contribution < -0.4 is 4.84 Å². The molecule has 1 N–H and O–H groups in total. The Labute approximate surface area is 75.3 Å². The van der Waals surface area contributed by atoms with E-state index in [1.807, 2.05) is 36.4 Å². The summed E-state index contributed by atoms with van der Waals surface area (Å²) >= 11 is 5.41. The number of pyridine rings is 1. The number of nitrogens with one attached hydrogen (secondary N) is 1. The minimum atomic E-state index is 0.676. The lowest BCUT2D eigenvalue weighted by Crippen LogP contribution is -1.85. The van der Waals surface area contributed by atoms with E-state index in [2.05, 4.69) is 9.82 Å². The van der Waals surface area contributed by atoms with Gasteiger partial charge in [0.15, 0.2) is 0 Å². The molecule has 0 unspecified atom stereocenters. The highest BCUT2D eigenvalue weighted by Gasteiger charge is 1.94. The molecule has 12 heavy (non-hydrogen) atoms. The van der Waals surface area contributed by atoms with Crippen molar-refractivity contribution in [3.8, 4) is 0 Å². The molecule has 2 aromatic rings. The molecule has 1 aromatic carbocycles. The lowest BCUT2D eigenvalue weighted by molar-refractivity contribution is 1.41. The van der Waals surface area contributed by atoms with Crippen molar-refractivity contribution in [2.45, 2.75) is 0 Å². The maximum atomic E-state index is 5.41. The largest absolute Gasteiger partial charge is 0.283 e. The number of halogens is 1. The van der Waals surface area contributed by atoms with Gasteiger partial charge in [-0.1, -0.05) is 18.2 Å². The second kappa shape index (κ2) is 2.99. The van der Waals surface area contributed by atoms with Gasteiger partial charge in [-0.2, -0.15) is 0 Å². The third-order valence-corrected chi connectivity index (χ3v) is 1.89. The van der Waals surface area contributed by atoms with Crippen LogP contribution in [0.4, 0.5) is 5.82 Å². The molecular formula is C9H7ClN2. The number of aromatic nitrogens is 1. The maximum absolute atomic E-state index is 5.41. The Morgan fingerprint density at radius 1 is 1.08 bits per heavy atom. The van der Waals surface area contributed by atoms with E-state index in [4.69, 9.17) is 11.8 Å². The number of benzene rings is 1. The third-order valence-electron chi connectivity index (χ3n) is 1.70. The first-order valence-electron chi connectivity index (χ1n) is 3.62. The van der Waals surface area contributed by atoms with Crippen LogP contribution in [0.2, 0.25) is 0 Å². The lowest BCUT2D eigenvalue weighted by Gasteiger charge is -1.98. The number of anilines is 1. The van der Waals surface area contributed by atoms with Crippen LogP contribution in [0.3, 0.4) is 0 Å². The average Bonchev–Trinajstić information content (AvgIpc) is 2.17. The summed E-state index contributed by atoms with van der Waals surface area (Å²) in [6, 6.07) is 11.7. The van der Waals surface area contributed by atoms with Crippen molar-refractivity contribution in [2.24, 2.45) is 0 Å². The number of hydrogen-bond acceptors (Lipinski definition) is 2. The summed E-state index contributed by atoms with van der Waals surface area (Å²) in [7, 11) is 0. The molecule has 1 aromatic heterocycles. The zero-order valence-corrected chi connectivity index (χ0v) is 7.05. The molecule has 0 radical (unpaired) electrons. The molecule has 60 valence electrons. The molecule has 0 saturated heterocycles. The molecule has 0 spiro atoms. The van der Waals surface area contributed by atoms with E-state index in [-0.39, 0.29) is 0 Å². The van der Waals surface area contributed by atoms with Crippen LogP contribution >= 0.6 is 11.8 Å². The summed E-state index contributed by atoms with van der Waals surface area (Å²) in [6.07, 6.45) is 0. The maximum Gasteiger partial charge on any atom is 0.141 e. The van der Waals surface area contributed by atoms with Gasteiger partial charge < -0.3 is 0 Å². The van der Waals surface area contributed by atoms with E-state index >= 15 is 0 Å². The Morgan fingerprint density at radius 3 is 2.75 bits per heavy atom. The molecule has 0 aliphatic carbocycles. The van der Waals surface area contributed by atoms with Gasteiger partial charge in [0.2, 0.25) is 0 Å². The van der Waals surface area contributed by atoms with Crippen molar-refractivity contribution in [3.63, 3.8) is 0 Å². The van der Waals surface area contributed by atoms with Gasteiger partial charge >= 0.3 is 0 Å².